The van der Waals surface area contributed by atoms with Crippen LogP contribution in [-0.2, 0) is 14.3 Å². The van der Waals surface area contributed by atoms with Crippen molar-refractivity contribution >= 4 is 11.9 Å². The lowest BCUT2D eigenvalue weighted by Crippen LogP contribution is -2.45. The van der Waals surface area contributed by atoms with Gasteiger partial charge in [0.05, 0.1) is 25.4 Å². The molecule has 456 valence electrons. The standard InChI is InChI=1S/C71H137NO5/c1-3-5-7-9-11-13-15-16-17-18-19-20-25-28-31-34-37-40-44-47-51-55-59-63-69(74)68(67-73)72-70(75)64-60-56-52-48-45-41-38-35-32-29-26-23-21-22-24-27-30-33-36-39-42-46-50-54-58-62-66-77-71(76)65-61-57-53-49-43-14-12-10-8-6-4-2/h21,23,59,63,68-69,73-74H,3-20,22,24-58,60-62,64-67H2,1-2H3,(H,72,75)/b23-21-,63-59+. The van der Waals surface area contributed by atoms with Crippen molar-refractivity contribution in [2.45, 2.75) is 405 Å². The molecule has 0 fully saturated rings. The average Bonchev–Trinajstić information content (AvgIpc) is 3.43. The molecule has 0 spiro atoms. The Morgan fingerprint density at radius 2 is 0.610 bits per heavy atom. The highest BCUT2D eigenvalue weighted by Crippen LogP contribution is 2.19. The molecule has 2 unspecified atom stereocenters. The molecule has 0 saturated heterocycles. The van der Waals surface area contributed by atoms with E-state index >= 15 is 0 Å². The van der Waals surface area contributed by atoms with Crippen LogP contribution in [0.4, 0.5) is 0 Å². The summed E-state index contributed by atoms with van der Waals surface area (Å²) in [4.78, 5) is 24.5. The maximum absolute atomic E-state index is 12.5. The van der Waals surface area contributed by atoms with Crippen LogP contribution in [-0.4, -0.2) is 47.4 Å². The topological polar surface area (TPSA) is 95.9 Å². The zero-order chi connectivity index (χ0) is 55.7. The van der Waals surface area contributed by atoms with Crippen LogP contribution in [0.3, 0.4) is 0 Å². The minimum absolute atomic E-state index is 0.0143. The third-order valence-electron chi connectivity index (χ3n) is 16.5. The third-order valence-corrected chi connectivity index (χ3v) is 16.5. The van der Waals surface area contributed by atoms with E-state index in [0.29, 0.717) is 19.4 Å². The maximum Gasteiger partial charge on any atom is 0.305 e. The van der Waals surface area contributed by atoms with Crippen LogP contribution in [0.15, 0.2) is 24.3 Å². The van der Waals surface area contributed by atoms with Gasteiger partial charge in [-0.05, 0) is 57.8 Å². The quantitative estimate of drug-likeness (QED) is 0.0320. The number of amides is 1. The lowest BCUT2D eigenvalue weighted by atomic mass is 10.0. The number of rotatable bonds is 66. The van der Waals surface area contributed by atoms with E-state index in [2.05, 4.69) is 31.3 Å². The number of aliphatic hydroxyl groups is 2. The summed E-state index contributed by atoms with van der Waals surface area (Å²) in [6.45, 7) is 4.94. The number of carbonyl (C=O) groups is 2. The van der Waals surface area contributed by atoms with Gasteiger partial charge in [0.2, 0.25) is 5.91 Å². The summed E-state index contributed by atoms with van der Waals surface area (Å²) in [6.07, 6.45) is 84.0. The Kier molecular flexibility index (Phi) is 65.4. The van der Waals surface area contributed by atoms with Gasteiger partial charge in [-0.15, -0.1) is 0 Å². The first-order valence-corrected chi connectivity index (χ1v) is 35.1. The van der Waals surface area contributed by atoms with Gasteiger partial charge in [-0.2, -0.15) is 0 Å². The second-order valence-electron chi connectivity index (χ2n) is 24.2. The van der Waals surface area contributed by atoms with Crippen molar-refractivity contribution in [3.8, 4) is 0 Å². The summed E-state index contributed by atoms with van der Waals surface area (Å²) in [5.74, 6) is -0.0512. The van der Waals surface area contributed by atoms with Crippen LogP contribution in [0, 0.1) is 0 Å². The van der Waals surface area contributed by atoms with Crippen LogP contribution < -0.4 is 5.32 Å². The van der Waals surface area contributed by atoms with E-state index in [9.17, 15) is 19.8 Å². The van der Waals surface area contributed by atoms with E-state index in [1.54, 1.807) is 6.08 Å². The first-order valence-electron chi connectivity index (χ1n) is 35.1. The van der Waals surface area contributed by atoms with Gasteiger partial charge in [0.1, 0.15) is 0 Å². The molecule has 0 radical (unpaired) electrons. The molecule has 1 amide bonds. The van der Waals surface area contributed by atoms with Gasteiger partial charge in [0.15, 0.2) is 0 Å². The monoisotopic (exact) mass is 1080 g/mol. The fourth-order valence-electron chi connectivity index (χ4n) is 11.1. The summed E-state index contributed by atoms with van der Waals surface area (Å²) < 4.78 is 5.47. The van der Waals surface area contributed by atoms with Gasteiger partial charge in [-0.1, -0.05) is 346 Å². The zero-order valence-electron chi connectivity index (χ0n) is 52.2. The predicted molar refractivity (Wildman–Crippen MR) is 338 cm³/mol. The maximum atomic E-state index is 12.5. The van der Waals surface area contributed by atoms with Gasteiger partial charge in [-0.3, -0.25) is 9.59 Å². The molecule has 0 saturated carbocycles. The molecule has 0 heterocycles. The van der Waals surface area contributed by atoms with E-state index in [-0.39, 0.29) is 18.5 Å². The number of unbranched alkanes of at least 4 members (excludes halogenated alkanes) is 53. The van der Waals surface area contributed by atoms with Crippen LogP contribution in [0.5, 0.6) is 0 Å². The van der Waals surface area contributed by atoms with Gasteiger partial charge in [-0.25, -0.2) is 0 Å². The number of hydrogen-bond acceptors (Lipinski definition) is 5. The fraction of sp³-hybridized carbons (Fsp3) is 0.915. The van der Waals surface area contributed by atoms with Crippen molar-refractivity contribution in [3.05, 3.63) is 24.3 Å². The van der Waals surface area contributed by atoms with Crippen molar-refractivity contribution in [2.75, 3.05) is 13.2 Å². The molecular weight excluding hydrogens is 947 g/mol. The Morgan fingerprint density at radius 1 is 0.351 bits per heavy atom. The number of allylic oxidation sites excluding steroid dienone is 3. The molecule has 77 heavy (non-hydrogen) atoms. The summed E-state index contributed by atoms with van der Waals surface area (Å²) in [7, 11) is 0. The molecule has 6 nitrogen and oxygen atoms in total. The molecule has 0 aromatic heterocycles. The van der Waals surface area contributed by atoms with Crippen molar-refractivity contribution in [3.63, 3.8) is 0 Å². The highest BCUT2D eigenvalue weighted by atomic mass is 16.5. The molecule has 6 heteroatoms. The number of nitrogens with one attached hydrogen (secondary N) is 1. The summed E-state index contributed by atoms with van der Waals surface area (Å²) >= 11 is 0. The molecule has 0 bridgehead atoms. The lowest BCUT2D eigenvalue weighted by Gasteiger charge is -2.20. The summed E-state index contributed by atoms with van der Waals surface area (Å²) in [6, 6.07) is -0.630. The minimum atomic E-state index is -0.847. The highest BCUT2D eigenvalue weighted by molar-refractivity contribution is 5.76. The Bertz CT molecular complexity index is 1200. The number of carbonyl (C=O) groups excluding carboxylic acids is 2. The largest absolute Gasteiger partial charge is 0.466 e. The predicted octanol–water partition coefficient (Wildman–Crippen LogP) is 22.5. The Hall–Kier alpha value is -1.66. The van der Waals surface area contributed by atoms with Gasteiger partial charge in [0, 0.05) is 12.8 Å². The molecule has 0 aliphatic carbocycles. The normalized spacial score (nSPS) is 12.6. The first-order chi connectivity index (χ1) is 38.0. The molecule has 3 N–H and O–H groups in total. The van der Waals surface area contributed by atoms with E-state index in [4.69, 9.17) is 4.74 Å². The SMILES string of the molecule is CCCCCCCCCCCCCCCCCCCCCCC/C=C/C(O)C(CO)NC(=O)CCCCCCCCCCCC/C=C\CCCCCCCCCCCCCCOC(=O)CCCCCCCCCCCCC. The van der Waals surface area contributed by atoms with Crippen LogP contribution >= 0.6 is 0 Å². The van der Waals surface area contributed by atoms with Gasteiger partial charge < -0.3 is 20.3 Å². The Labute approximate surface area is 481 Å². The Balaban J connectivity index is 3.42. The second kappa shape index (κ2) is 66.8. The fourth-order valence-corrected chi connectivity index (χ4v) is 11.1. The highest BCUT2D eigenvalue weighted by Gasteiger charge is 2.18. The minimum Gasteiger partial charge on any atom is -0.466 e. The van der Waals surface area contributed by atoms with E-state index in [1.165, 1.54) is 327 Å². The van der Waals surface area contributed by atoms with Crippen molar-refractivity contribution in [1.29, 1.82) is 0 Å². The third kappa shape index (κ3) is 63.4. The van der Waals surface area contributed by atoms with Crippen LogP contribution in [0.1, 0.15) is 393 Å². The van der Waals surface area contributed by atoms with Crippen molar-refractivity contribution in [2.24, 2.45) is 0 Å². The second-order valence-corrected chi connectivity index (χ2v) is 24.2. The van der Waals surface area contributed by atoms with Gasteiger partial charge in [0.25, 0.3) is 0 Å². The van der Waals surface area contributed by atoms with E-state index in [0.717, 1.165) is 38.5 Å². The van der Waals surface area contributed by atoms with Crippen molar-refractivity contribution < 1.29 is 24.5 Å². The van der Waals surface area contributed by atoms with Crippen LogP contribution in [0.25, 0.3) is 0 Å². The molecular formula is C71H137NO5. The molecule has 0 aliphatic rings. The number of aliphatic hydroxyl groups excluding tert-OH is 2. The van der Waals surface area contributed by atoms with Gasteiger partial charge >= 0.3 is 5.97 Å². The molecule has 0 rings (SSSR count). The zero-order valence-corrected chi connectivity index (χ0v) is 52.2. The lowest BCUT2D eigenvalue weighted by molar-refractivity contribution is -0.143. The summed E-state index contributed by atoms with van der Waals surface area (Å²) in [5.41, 5.74) is 0. The first kappa shape index (κ1) is 75.3. The smallest absolute Gasteiger partial charge is 0.305 e. The number of ether oxygens (including phenoxy) is 1. The van der Waals surface area contributed by atoms with Crippen LogP contribution in [0.2, 0.25) is 0 Å². The molecule has 2 atom stereocenters. The number of hydrogen-bond donors (Lipinski definition) is 3. The molecule has 0 aliphatic heterocycles. The summed E-state index contributed by atoms with van der Waals surface area (Å²) in [5, 5.41) is 23.3. The molecule has 0 aromatic carbocycles. The van der Waals surface area contributed by atoms with E-state index < -0.39 is 12.1 Å². The van der Waals surface area contributed by atoms with Crippen molar-refractivity contribution in [1.82, 2.24) is 5.32 Å². The van der Waals surface area contributed by atoms with E-state index in [1.807, 2.05) is 6.08 Å². The molecule has 0 aromatic rings. The number of esters is 1. The Morgan fingerprint density at radius 3 is 0.922 bits per heavy atom. The average molecular weight is 1080 g/mol.